The minimum absolute atomic E-state index is 0.0649. The maximum Gasteiger partial charge on any atom is 0.223 e. The molecule has 0 saturated heterocycles. The summed E-state index contributed by atoms with van der Waals surface area (Å²) < 4.78 is 2.16. The Balaban J connectivity index is 1.74. The number of aromatic nitrogens is 2. The van der Waals surface area contributed by atoms with Crippen LogP contribution in [0.5, 0.6) is 0 Å². The molecule has 0 aromatic carbocycles. The Kier molecular flexibility index (Phi) is 4.16. The van der Waals surface area contributed by atoms with Gasteiger partial charge in [-0.3, -0.25) is 4.79 Å². The van der Waals surface area contributed by atoms with Crippen LogP contribution in [-0.4, -0.2) is 47.4 Å². The number of hydrogen-bond donors (Lipinski definition) is 1. The first-order chi connectivity index (χ1) is 10.5. The highest BCUT2D eigenvalue weighted by molar-refractivity contribution is 5.79. The quantitative estimate of drug-likeness (QED) is 0.929. The number of nitrogens with zero attached hydrogens (tertiary/aromatic N) is 3. The number of nitrogens with one attached hydrogen (secondary N) is 1. The monoisotopic (exact) mass is 300 g/mol. The molecule has 1 aliphatic rings. The fourth-order valence-corrected chi connectivity index (χ4v) is 3.08. The van der Waals surface area contributed by atoms with Gasteiger partial charge in [-0.1, -0.05) is 6.07 Å². The molecule has 0 fully saturated rings. The molecule has 1 N–H and O–H groups in total. The lowest BCUT2D eigenvalue weighted by atomic mass is 9.89. The summed E-state index contributed by atoms with van der Waals surface area (Å²) in [6.07, 6.45) is 4.69. The van der Waals surface area contributed by atoms with Crippen LogP contribution in [0.3, 0.4) is 0 Å². The maximum atomic E-state index is 12.4. The lowest BCUT2D eigenvalue weighted by Crippen LogP contribution is -2.37. The highest BCUT2D eigenvalue weighted by Crippen LogP contribution is 2.26. The Hall–Kier alpha value is -1.88. The molecule has 3 rings (SSSR count). The van der Waals surface area contributed by atoms with Gasteiger partial charge in [-0.05, 0) is 45.5 Å². The fraction of sp³-hybridized carbons (Fsp3) is 0.529. The van der Waals surface area contributed by atoms with Gasteiger partial charge in [-0.15, -0.1) is 0 Å². The number of carbonyl (C=O) groups excluding carboxylic acids is 1. The second-order valence-electron chi connectivity index (χ2n) is 6.47. The lowest BCUT2D eigenvalue weighted by molar-refractivity contribution is -0.125. The van der Waals surface area contributed by atoms with Crippen LogP contribution in [0, 0.1) is 12.8 Å². The van der Waals surface area contributed by atoms with Crippen molar-refractivity contribution in [3.05, 3.63) is 35.3 Å². The molecule has 1 amide bonds. The Morgan fingerprint density at radius 2 is 2.27 bits per heavy atom. The number of fused-ring (bicyclic) bond motifs is 3. The smallest absolute Gasteiger partial charge is 0.223 e. The van der Waals surface area contributed by atoms with Crippen molar-refractivity contribution in [3.63, 3.8) is 0 Å². The number of pyridine rings is 1. The molecular weight excluding hydrogens is 276 g/mol. The molecule has 118 valence electrons. The van der Waals surface area contributed by atoms with Crippen LogP contribution in [0.4, 0.5) is 0 Å². The van der Waals surface area contributed by atoms with Crippen molar-refractivity contribution in [1.82, 2.24) is 19.6 Å². The lowest BCUT2D eigenvalue weighted by Gasteiger charge is -2.22. The van der Waals surface area contributed by atoms with E-state index in [1.807, 2.05) is 14.1 Å². The highest BCUT2D eigenvalue weighted by atomic mass is 16.1. The molecular formula is C17H24N4O. The number of carbonyl (C=O) groups is 1. The zero-order valence-electron chi connectivity index (χ0n) is 13.6. The van der Waals surface area contributed by atoms with E-state index in [1.54, 1.807) is 0 Å². The zero-order chi connectivity index (χ0) is 15.7. The van der Waals surface area contributed by atoms with Gasteiger partial charge in [0.1, 0.15) is 5.65 Å². The number of imidazole rings is 1. The van der Waals surface area contributed by atoms with Crippen LogP contribution >= 0.6 is 0 Å². The Labute approximate surface area is 131 Å². The third-order valence-corrected chi connectivity index (χ3v) is 4.35. The first kappa shape index (κ1) is 15.0. The van der Waals surface area contributed by atoms with Crippen LogP contribution in [-0.2, 0) is 17.6 Å². The largest absolute Gasteiger partial charge is 0.355 e. The van der Waals surface area contributed by atoms with Crippen LogP contribution in [0.2, 0.25) is 0 Å². The summed E-state index contributed by atoms with van der Waals surface area (Å²) in [6.45, 7) is 3.67. The first-order valence-electron chi connectivity index (χ1n) is 7.93. The summed E-state index contributed by atoms with van der Waals surface area (Å²) in [6, 6.07) is 4.14. The van der Waals surface area contributed by atoms with E-state index in [-0.39, 0.29) is 11.8 Å². The van der Waals surface area contributed by atoms with Gasteiger partial charge in [0.25, 0.3) is 0 Å². The van der Waals surface area contributed by atoms with Crippen molar-refractivity contribution < 1.29 is 4.79 Å². The summed E-state index contributed by atoms with van der Waals surface area (Å²) in [4.78, 5) is 19.1. The molecule has 2 heterocycles. The van der Waals surface area contributed by atoms with Gasteiger partial charge in [0.05, 0.1) is 5.69 Å². The average Bonchev–Trinajstić information content (AvgIpc) is 2.84. The van der Waals surface area contributed by atoms with Gasteiger partial charge in [-0.25, -0.2) is 4.98 Å². The van der Waals surface area contributed by atoms with E-state index in [9.17, 15) is 4.79 Å². The van der Waals surface area contributed by atoms with Crippen molar-refractivity contribution in [1.29, 1.82) is 0 Å². The molecule has 0 bridgehead atoms. The number of aryl methyl sites for hydroxylation is 2. The van der Waals surface area contributed by atoms with Gasteiger partial charge in [0, 0.05) is 37.3 Å². The molecule has 1 unspecified atom stereocenters. The van der Waals surface area contributed by atoms with E-state index in [0.717, 1.165) is 37.1 Å². The second kappa shape index (κ2) is 6.08. The Morgan fingerprint density at radius 1 is 1.45 bits per heavy atom. The predicted molar refractivity (Wildman–Crippen MR) is 87.0 cm³/mol. The summed E-state index contributed by atoms with van der Waals surface area (Å²) >= 11 is 0. The molecule has 22 heavy (non-hydrogen) atoms. The molecule has 1 atom stereocenters. The van der Waals surface area contributed by atoms with Crippen molar-refractivity contribution in [2.75, 3.05) is 27.2 Å². The minimum Gasteiger partial charge on any atom is -0.355 e. The standard InChI is InChI=1S/C17H24N4O/c1-12-4-7-16-19-14-6-5-13(10-15(14)21(16)11-12)17(22)18-8-9-20(2)3/h4,7,11,13H,5-6,8-10H2,1-3H3,(H,18,22). The van der Waals surface area contributed by atoms with Crippen LogP contribution in [0.15, 0.2) is 18.3 Å². The van der Waals surface area contributed by atoms with Crippen molar-refractivity contribution in [3.8, 4) is 0 Å². The molecule has 2 aromatic rings. The minimum atomic E-state index is 0.0649. The Bertz CT molecular complexity index is 689. The molecule has 5 nitrogen and oxygen atoms in total. The molecule has 0 saturated carbocycles. The summed E-state index contributed by atoms with van der Waals surface area (Å²) in [5.74, 6) is 0.241. The summed E-state index contributed by atoms with van der Waals surface area (Å²) in [5, 5.41) is 3.06. The third-order valence-electron chi connectivity index (χ3n) is 4.35. The van der Waals surface area contributed by atoms with Crippen LogP contribution in [0.1, 0.15) is 23.4 Å². The number of rotatable bonds is 4. The van der Waals surface area contributed by atoms with E-state index >= 15 is 0 Å². The average molecular weight is 300 g/mol. The predicted octanol–water partition coefficient (Wildman–Crippen LogP) is 1.43. The number of hydrogen-bond acceptors (Lipinski definition) is 3. The van der Waals surface area contributed by atoms with Crippen LogP contribution in [0.25, 0.3) is 5.65 Å². The van der Waals surface area contributed by atoms with E-state index in [1.165, 1.54) is 11.3 Å². The summed E-state index contributed by atoms with van der Waals surface area (Å²) in [7, 11) is 4.03. The van der Waals surface area contributed by atoms with Gasteiger partial charge in [0.15, 0.2) is 0 Å². The third kappa shape index (κ3) is 2.99. The Morgan fingerprint density at radius 3 is 3.05 bits per heavy atom. The van der Waals surface area contributed by atoms with E-state index < -0.39 is 0 Å². The summed E-state index contributed by atoms with van der Waals surface area (Å²) in [5.41, 5.74) is 4.56. The normalized spacial score (nSPS) is 17.7. The fourth-order valence-electron chi connectivity index (χ4n) is 3.08. The zero-order valence-corrected chi connectivity index (χ0v) is 13.6. The number of amides is 1. The molecule has 2 aromatic heterocycles. The van der Waals surface area contributed by atoms with Gasteiger partial charge in [0.2, 0.25) is 5.91 Å². The van der Waals surface area contributed by atoms with Crippen LogP contribution < -0.4 is 5.32 Å². The van der Waals surface area contributed by atoms with E-state index in [0.29, 0.717) is 6.54 Å². The van der Waals surface area contributed by atoms with Crippen molar-refractivity contribution in [2.24, 2.45) is 5.92 Å². The van der Waals surface area contributed by atoms with Crippen molar-refractivity contribution >= 4 is 11.6 Å². The second-order valence-corrected chi connectivity index (χ2v) is 6.47. The molecule has 0 radical (unpaired) electrons. The van der Waals surface area contributed by atoms with Gasteiger partial charge < -0.3 is 14.6 Å². The first-order valence-corrected chi connectivity index (χ1v) is 7.93. The molecule has 0 spiro atoms. The SMILES string of the molecule is Cc1ccc2nc3c(n2c1)CC(C(=O)NCCN(C)C)CC3. The number of likely N-dealkylation sites (N-methyl/N-ethyl adjacent to an activating group) is 1. The highest BCUT2D eigenvalue weighted by Gasteiger charge is 2.27. The van der Waals surface area contributed by atoms with E-state index in [2.05, 4.69) is 39.9 Å². The van der Waals surface area contributed by atoms with Gasteiger partial charge in [-0.2, -0.15) is 0 Å². The molecule has 5 heteroatoms. The topological polar surface area (TPSA) is 49.6 Å². The van der Waals surface area contributed by atoms with Crippen molar-refractivity contribution in [2.45, 2.75) is 26.2 Å². The molecule has 0 aliphatic heterocycles. The maximum absolute atomic E-state index is 12.4. The molecule has 1 aliphatic carbocycles. The van der Waals surface area contributed by atoms with E-state index in [4.69, 9.17) is 4.98 Å². The van der Waals surface area contributed by atoms with Gasteiger partial charge >= 0.3 is 0 Å².